The fourth-order valence-electron chi connectivity index (χ4n) is 3.69. The van der Waals surface area contributed by atoms with Gasteiger partial charge in [0.1, 0.15) is 0 Å². The molecule has 0 fully saturated rings. The van der Waals surface area contributed by atoms with E-state index in [1.54, 1.807) is 11.1 Å². The first kappa shape index (κ1) is 11.0. The standard InChI is InChI=1S/C19H18/c1-13-5-4-7-15-10-11-17-16-8-3-2-6-14(16)9-12-18(17)19(13)15/h3-5,7-8,10-11H,2,6,9,12H2,1H3. The molecule has 0 nitrogen and oxygen atoms in total. The van der Waals surface area contributed by atoms with Crippen molar-refractivity contribution in [1.82, 2.24) is 0 Å². The van der Waals surface area contributed by atoms with Gasteiger partial charge < -0.3 is 0 Å². The molecule has 2 aliphatic rings. The van der Waals surface area contributed by atoms with Crippen molar-refractivity contribution in [3.8, 4) is 0 Å². The number of benzene rings is 2. The molecule has 0 atom stereocenters. The van der Waals surface area contributed by atoms with E-state index in [0.29, 0.717) is 0 Å². The molecule has 0 spiro atoms. The van der Waals surface area contributed by atoms with E-state index in [0.717, 1.165) is 0 Å². The van der Waals surface area contributed by atoms with Crippen molar-refractivity contribution in [2.75, 3.05) is 0 Å². The molecule has 94 valence electrons. The molecule has 0 heteroatoms. The molecule has 0 aliphatic heterocycles. The van der Waals surface area contributed by atoms with Crippen molar-refractivity contribution in [2.45, 2.75) is 32.6 Å². The van der Waals surface area contributed by atoms with E-state index in [4.69, 9.17) is 0 Å². The summed E-state index contributed by atoms with van der Waals surface area (Å²) >= 11 is 0. The number of allylic oxidation sites excluding steroid dienone is 4. The van der Waals surface area contributed by atoms with Gasteiger partial charge in [-0.3, -0.25) is 0 Å². The number of fused-ring (bicyclic) bond motifs is 4. The summed E-state index contributed by atoms with van der Waals surface area (Å²) in [5.74, 6) is 0. The summed E-state index contributed by atoms with van der Waals surface area (Å²) in [7, 11) is 0. The molecule has 4 rings (SSSR count). The number of rotatable bonds is 0. The normalized spacial score (nSPS) is 17.5. The summed E-state index contributed by atoms with van der Waals surface area (Å²) in [6.07, 6.45) is 9.62. The Hall–Kier alpha value is -1.82. The highest BCUT2D eigenvalue weighted by molar-refractivity contribution is 5.95. The summed E-state index contributed by atoms with van der Waals surface area (Å²) in [5, 5.41) is 2.88. The molecular weight excluding hydrogens is 228 g/mol. The molecule has 0 saturated heterocycles. The second kappa shape index (κ2) is 4.09. The highest BCUT2D eigenvalue weighted by Gasteiger charge is 2.20. The average molecular weight is 246 g/mol. The zero-order valence-corrected chi connectivity index (χ0v) is 11.4. The number of hydrogen-bond donors (Lipinski definition) is 0. The molecule has 0 unspecified atom stereocenters. The second-order valence-corrected chi connectivity index (χ2v) is 5.72. The van der Waals surface area contributed by atoms with Gasteiger partial charge in [-0.25, -0.2) is 0 Å². The van der Waals surface area contributed by atoms with Crippen LogP contribution in [0.5, 0.6) is 0 Å². The Kier molecular flexibility index (Phi) is 2.38. The maximum atomic E-state index is 2.35. The third-order valence-corrected chi connectivity index (χ3v) is 4.61. The summed E-state index contributed by atoms with van der Waals surface area (Å²) in [5.41, 5.74) is 7.65. The van der Waals surface area contributed by atoms with Gasteiger partial charge >= 0.3 is 0 Å². The lowest BCUT2D eigenvalue weighted by Crippen LogP contribution is -2.07. The van der Waals surface area contributed by atoms with Crippen LogP contribution < -0.4 is 0 Å². The first-order valence-corrected chi connectivity index (χ1v) is 7.25. The van der Waals surface area contributed by atoms with E-state index in [1.807, 2.05) is 0 Å². The maximum Gasteiger partial charge on any atom is -0.0116 e. The number of aryl methyl sites for hydroxylation is 2. The third kappa shape index (κ3) is 1.59. The zero-order valence-electron chi connectivity index (χ0n) is 11.4. The van der Waals surface area contributed by atoms with Crippen LogP contribution in [0.3, 0.4) is 0 Å². The predicted octanol–water partition coefficient (Wildman–Crippen LogP) is 5.20. The minimum Gasteiger partial charge on any atom is -0.0836 e. The van der Waals surface area contributed by atoms with Gasteiger partial charge in [0.25, 0.3) is 0 Å². The Labute approximate surface area is 114 Å². The molecule has 2 aliphatic carbocycles. The van der Waals surface area contributed by atoms with Crippen LogP contribution in [0.2, 0.25) is 0 Å². The summed E-state index contributed by atoms with van der Waals surface area (Å²) < 4.78 is 0. The minimum absolute atomic E-state index is 1.21. The van der Waals surface area contributed by atoms with Gasteiger partial charge in [-0.2, -0.15) is 0 Å². The van der Waals surface area contributed by atoms with E-state index >= 15 is 0 Å². The highest BCUT2D eigenvalue weighted by Crippen LogP contribution is 2.40. The van der Waals surface area contributed by atoms with Crippen molar-refractivity contribution in [3.05, 3.63) is 64.7 Å². The lowest BCUT2D eigenvalue weighted by Gasteiger charge is -2.26. The van der Waals surface area contributed by atoms with Crippen molar-refractivity contribution in [2.24, 2.45) is 0 Å². The van der Waals surface area contributed by atoms with Crippen LogP contribution in [0.15, 0.2) is 48.1 Å². The molecule has 0 heterocycles. The van der Waals surface area contributed by atoms with Crippen LogP contribution >= 0.6 is 0 Å². The van der Waals surface area contributed by atoms with Crippen LogP contribution in [-0.2, 0) is 6.42 Å². The van der Waals surface area contributed by atoms with E-state index in [2.05, 4.69) is 49.4 Å². The summed E-state index contributed by atoms with van der Waals surface area (Å²) in [6, 6.07) is 11.3. The SMILES string of the molecule is Cc1cccc2ccc3c(c12)CCC1=C3C=CCC1. The average Bonchev–Trinajstić information content (AvgIpc) is 2.46. The highest BCUT2D eigenvalue weighted by atomic mass is 14.2. The fourth-order valence-corrected chi connectivity index (χ4v) is 3.69. The van der Waals surface area contributed by atoms with Crippen LogP contribution in [0.1, 0.15) is 36.0 Å². The van der Waals surface area contributed by atoms with Crippen molar-refractivity contribution >= 4 is 16.3 Å². The lowest BCUT2D eigenvalue weighted by atomic mass is 9.79. The first-order valence-electron chi connectivity index (χ1n) is 7.25. The Morgan fingerprint density at radius 2 is 1.89 bits per heavy atom. The molecule has 19 heavy (non-hydrogen) atoms. The van der Waals surface area contributed by atoms with Crippen LogP contribution in [-0.4, -0.2) is 0 Å². The van der Waals surface area contributed by atoms with Gasteiger partial charge in [0.05, 0.1) is 0 Å². The Morgan fingerprint density at radius 3 is 2.84 bits per heavy atom. The summed E-state index contributed by atoms with van der Waals surface area (Å²) in [6.45, 7) is 2.24. The molecule has 0 aromatic heterocycles. The van der Waals surface area contributed by atoms with Gasteiger partial charge in [-0.05, 0) is 65.6 Å². The maximum absolute atomic E-state index is 2.35. The molecule has 0 N–H and O–H groups in total. The quantitative estimate of drug-likeness (QED) is 0.599. The fraction of sp³-hybridized carbons (Fsp3) is 0.263. The van der Waals surface area contributed by atoms with Gasteiger partial charge in [-0.15, -0.1) is 0 Å². The van der Waals surface area contributed by atoms with E-state index in [1.165, 1.54) is 53.2 Å². The zero-order chi connectivity index (χ0) is 12.8. The minimum atomic E-state index is 1.21. The lowest BCUT2D eigenvalue weighted by molar-refractivity contribution is 0.831. The van der Waals surface area contributed by atoms with Gasteiger partial charge in [0, 0.05) is 0 Å². The van der Waals surface area contributed by atoms with Crippen LogP contribution in [0.25, 0.3) is 16.3 Å². The van der Waals surface area contributed by atoms with Crippen molar-refractivity contribution in [1.29, 1.82) is 0 Å². The number of hydrogen-bond acceptors (Lipinski definition) is 0. The van der Waals surface area contributed by atoms with E-state index in [-0.39, 0.29) is 0 Å². The Bertz CT molecular complexity index is 729. The molecule has 0 amide bonds. The monoisotopic (exact) mass is 246 g/mol. The molecule has 0 radical (unpaired) electrons. The Balaban J connectivity index is 2.06. The van der Waals surface area contributed by atoms with Gasteiger partial charge in [-0.1, -0.05) is 48.1 Å². The van der Waals surface area contributed by atoms with Gasteiger partial charge in [0.2, 0.25) is 0 Å². The second-order valence-electron chi connectivity index (χ2n) is 5.72. The Morgan fingerprint density at radius 1 is 0.947 bits per heavy atom. The van der Waals surface area contributed by atoms with Crippen molar-refractivity contribution < 1.29 is 0 Å². The molecule has 0 bridgehead atoms. The summed E-state index contributed by atoms with van der Waals surface area (Å²) in [4.78, 5) is 0. The van der Waals surface area contributed by atoms with Gasteiger partial charge in [0.15, 0.2) is 0 Å². The van der Waals surface area contributed by atoms with Crippen LogP contribution in [0.4, 0.5) is 0 Å². The topological polar surface area (TPSA) is 0 Å². The smallest absolute Gasteiger partial charge is 0.0116 e. The van der Waals surface area contributed by atoms with E-state index < -0.39 is 0 Å². The van der Waals surface area contributed by atoms with E-state index in [9.17, 15) is 0 Å². The predicted molar refractivity (Wildman–Crippen MR) is 82.3 cm³/mol. The van der Waals surface area contributed by atoms with Crippen molar-refractivity contribution in [3.63, 3.8) is 0 Å². The molecule has 2 aromatic rings. The first-order chi connectivity index (χ1) is 9.34. The molecule has 2 aromatic carbocycles. The largest absolute Gasteiger partial charge is 0.0836 e. The third-order valence-electron chi connectivity index (χ3n) is 4.61. The molecule has 0 saturated carbocycles. The molecular formula is C19H18. The van der Waals surface area contributed by atoms with Crippen LogP contribution in [0, 0.1) is 6.92 Å².